The van der Waals surface area contributed by atoms with Gasteiger partial charge in [-0.25, -0.2) is 12.8 Å². The van der Waals surface area contributed by atoms with E-state index < -0.39 is 14.6 Å². The van der Waals surface area contributed by atoms with Crippen molar-refractivity contribution in [3.05, 3.63) is 35.6 Å². The van der Waals surface area contributed by atoms with Crippen molar-refractivity contribution in [2.45, 2.75) is 24.6 Å². The van der Waals surface area contributed by atoms with Gasteiger partial charge in [0.1, 0.15) is 10.6 Å². The van der Waals surface area contributed by atoms with Crippen LogP contribution < -0.4 is 0 Å². The maximum Gasteiger partial charge on any atom is 0.158 e. The summed E-state index contributed by atoms with van der Waals surface area (Å²) in [5, 5.41) is 0. The van der Waals surface area contributed by atoms with Gasteiger partial charge >= 0.3 is 0 Å². The third-order valence-electron chi connectivity index (χ3n) is 4.90. The summed E-state index contributed by atoms with van der Waals surface area (Å²) in [6, 6.07) is 6.48. The van der Waals surface area contributed by atoms with Gasteiger partial charge in [0, 0.05) is 32.2 Å². The lowest BCUT2D eigenvalue weighted by Gasteiger charge is -2.50. The van der Waals surface area contributed by atoms with E-state index in [9.17, 15) is 12.8 Å². The van der Waals surface area contributed by atoms with E-state index in [1.807, 2.05) is 13.0 Å². The van der Waals surface area contributed by atoms with Crippen LogP contribution in [0.2, 0.25) is 0 Å². The molecule has 0 N–H and O–H groups in total. The second-order valence-electron chi connectivity index (χ2n) is 6.30. The van der Waals surface area contributed by atoms with E-state index in [2.05, 4.69) is 4.90 Å². The molecule has 0 unspecified atom stereocenters. The molecule has 1 atom stereocenters. The van der Waals surface area contributed by atoms with Gasteiger partial charge in [-0.1, -0.05) is 12.1 Å². The molecule has 2 saturated heterocycles. The van der Waals surface area contributed by atoms with Crippen LogP contribution in [0.5, 0.6) is 0 Å². The van der Waals surface area contributed by atoms with Gasteiger partial charge in [0.2, 0.25) is 0 Å². The third-order valence-corrected chi connectivity index (χ3v) is 7.50. The number of ether oxygens (including phenoxy) is 1. The number of nitrogens with zero attached hydrogens (tertiary/aromatic N) is 1. The summed E-state index contributed by atoms with van der Waals surface area (Å²) in [7, 11) is -3.06. The van der Waals surface area contributed by atoms with Gasteiger partial charge in [-0.05, 0) is 31.0 Å². The molecule has 2 aliphatic heterocycles. The topological polar surface area (TPSA) is 46.6 Å². The maximum atomic E-state index is 13.2. The molecule has 1 aromatic carbocycles. The van der Waals surface area contributed by atoms with Gasteiger partial charge in [-0.15, -0.1) is 0 Å². The number of hydrogen-bond acceptors (Lipinski definition) is 4. The Hall–Kier alpha value is -0.980. The number of halogens is 1. The van der Waals surface area contributed by atoms with Gasteiger partial charge in [-0.3, -0.25) is 4.90 Å². The molecule has 122 valence electrons. The molecular formula is C16H22FNO3S. The van der Waals surface area contributed by atoms with Crippen LogP contribution in [0.15, 0.2) is 24.3 Å². The van der Waals surface area contributed by atoms with Crippen molar-refractivity contribution in [3.63, 3.8) is 0 Å². The van der Waals surface area contributed by atoms with E-state index >= 15 is 0 Å². The molecular weight excluding hydrogens is 305 g/mol. The second-order valence-corrected chi connectivity index (χ2v) is 8.75. The van der Waals surface area contributed by atoms with Crippen LogP contribution in [0.3, 0.4) is 0 Å². The fraction of sp³-hybridized carbons (Fsp3) is 0.625. The van der Waals surface area contributed by atoms with E-state index in [1.54, 1.807) is 6.07 Å². The van der Waals surface area contributed by atoms with Gasteiger partial charge < -0.3 is 4.74 Å². The first-order chi connectivity index (χ1) is 10.5. The summed E-state index contributed by atoms with van der Waals surface area (Å²) in [5.41, 5.74) is 0.881. The summed E-state index contributed by atoms with van der Waals surface area (Å²) in [4.78, 5) is 2.08. The number of likely N-dealkylation sites (tertiary alicyclic amines) is 1. The molecule has 1 spiro atoms. The first kappa shape index (κ1) is 15.9. The fourth-order valence-corrected chi connectivity index (χ4v) is 6.14. The van der Waals surface area contributed by atoms with Gasteiger partial charge in [-0.2, -0.15) is 0 Å². The number of hydrogen-bond donors (Lipinski definition) is 0. The highest BCUT2D eigenvalue weighted by Crippen LogP contribution is 2.45. The summed E-state index contributed by atoms with van der Waals surface area (Å²) in [5.74, 6) is 0.0927. The van der Waals surface area contributed by atoms with Crippen molar-refractivity contribution in [1.29, 1.82) is 0 Å². The second kappa shape index (κ2) is 5.91. The standard InChI is InChI=1S/C16H22FNO3S/c1-2-21-10-14-6-7-22(19,20)16(14)11-18(12-16)9-13-4-3-5-15(17)8-13/h3-5,8,14H,2,6-7,9-12H2,1H3/t14-/m1/s1. The molecule has 2 aliphatic rings. The van der Waals surface area contributed by atoms with E-state index in [0.29, 0.717) is 39.3 Å². The minimum Gasteiger partial charge on any atom is -0.381 e. The Bertz CT molecular complexity index is 641. The molecule has 0 aromatic heterocycles. The van der Waals surface area contributed by atoms with Crippen molar-refractivity contribution >= 4 is 9.84 Å². The van der Waals surface area contributed by atoms with Crippen molar-refractivity contribution < 1.29 is 17.5 Å². The molecule has 6 heteroatoms. The van der Waals surface area contributed by atoms with E-state index in [0.717, 1.165) is 5.56 Å². The predicted octanol–water partition coefficient (Wildman–Crippen LogP) is 1.85. The highest BCUT2D eigenvalue weighted by molar-refractivity contribution is 7.93. The van der Waals surface area contributed by atoms with Gasteiger partial charge in [0.25, 0.3) is 0 Å². The number of rotatable bonds is 5. The molecule has 0 radical (unpaired) electrons. The van der Waals surface area contributed by atoms with Crippen molar-refractivity contribution in [3.8, 4) is 0 Å². The summed E-state index contributed by atoms with van der Waals surface area (Å²) < 4.78 is 43.0. The Morgan fingerprint density at radius 2 is 2.18 bits per heavy atom. The molecule has 2 fully saturated rings. The van der Waals surface area contributed by atoms with Crippen LogP contribution >= 0.6 is 0 Å². The minimum absolute atomic E-state index is 0.0845. The molecule has 22 heavy (non-hydrogen) atoms. The van der Waals surface area contributed by atoms with Crippen molar-refractivity contribution in [2.24, 2.45) is 5.92 Å². The minimum atomic E-state index is -3.06. The maximum absolute atomic E-state index is 13.2. The van der Waals surface area contributed by atoms with Crippen LogP contribution in [-0.4, -0.2) is 50.1 Å². The average molecular weight is 327 g/mol. The van der Waals surface area contributed by atoms with E-state index in [1.165, 1.54) is 12.1 Å². The lowest BCUT2D eigenvalue weighted by molar-refractivity contribution is 0.0292. The Kier molecular flexibility index (Phi) is 4.27. The van der Waals surface area contributed by atoms with Gasteiger partial charge in [0.15, 0.2) is 9.84 Å². The average Bonchev–Trinajstić information content (AvgIpc) is 2.68. The van der Waals surface area contributed by atoms with Gasteiger partial charge in [0.05, 0.1) is 12.4 Å². The quantitative estimate of drug-likeness (QED) is 0.828. The Labute approximate surface area is 131 Å². The molecule has 0 amide bonds. The first-order valence-electron chi connectivity index (χ1n) is 7.74. The van der Waals surface area contributed by atoms with Crippen LogP contribution in [0.1, 0.15) is 18.9 Å². The zero-order chi connectivity index (χ0) is 15.8. The van der Waals surface area contributed by atoms with Crippen LogP contribution in [-0.2, 0) is 21.1 Å². The van der Waals surface area contributed by atoms with Crippen LogP contribution in [0.25, 0.3) is 0 Å². The SMILES string of the molecule is CCOC[C@H]1CCS(=O)(=O)C12CN(Cc1cccc(F)c1)C2. The largest absolute Gasteiger partial charge is 0.381 e. The van der Waals surface area contributed by atoms with Crippen LogP contribution in [0, 0.1) is 11.7 Å². The predicted molar refractivity (Wildman–Crippen MR) is 82.8 cm³/mol. The zero-order valence-electron chi connectivity index (χ0n) is 12.8. The zero-order valence-corrected chi connectivity index (χ0v) is 13.6. The Morgan fingerprint density at radius 1 is 1.41 bits per heavy atom. The highest BCUT2D eigenvalue weighted by atomic mass is 32.2. The molecule has 3 rings (SSSR count). The molecule has 0 aliphatic carbocycles. The Morgan fingerprint density at radius 3 is 2.86 bits per heavy atom. The Balaban J connectivity index is 1.68. The third kappa shape index (κ3) is 2.68. The van der Waals surface area contributed by atoms with E-state index in [4.69, 9.17) is 4.74 Å². The molecule has 2 heterocycles. The first-order valence-corrected chi connectivity index (χ1v) is 9.39. The highest BCUT2D eigenvalue weighted by Gasteiger charge is 2.61. The summed E-state index contributed by atoms with van der Waals surface area (Å²) >= 11 is 0. The molecule has 1 aromatic rings. The molecule has 0 saturated carbocycles. The lowest BCUT2D eigenvalue weighted by atomic mass is 9.83. The number of sulfone groups is 1. The van der Waals surface area contributed by atoms with Crippen LogP contribution in [0.4, 0.5) is 4.39 Å². The van der Waals surface area contributed by atoms with Crippen molar-refractivity contribution in [1.82, 2.24) is 4.90 Å². The molecule has 0 bridgehead atoms. The summed E-state index contributed by atoms with van der Waals surface area (Å²) in [6.07, 6.45) is 0.691. The molecule has 4 nitrogen and oxygen atoms in total. The fourth-order valence-electron chi connectivity index (χ4n) is 3.68. The monoisotopic (exact) mass is 327 g/mol. The van der Waals surface area contributed by atoms with E-state index in [-0.39, 0.29) is 17.5 Å². The smallest absolute Gasteiger partial charge is 0.158 e. The lowest BCUT2D eigenvalue weighted by Crippen LogP contribution is -2.67. The van der Waals surface area contributed by atoms with Crippen molar-refractivity contribution in [2.75, 3.05) is 32.1 Å². The normalized spacial score (nSPS) is 26.2. The summed E-state index contributed by atoms with van der Waals surface area (Å²) in [6.45, 7) is 4.71. The number of benzene rings is 1.